The number of hydrogen-bond donors (Lipinski definition) is 2. The minimum Gasteiger partial charge on any atom is -0.469 e. The second kappa shape index (κ2) is 10.8. The Labute approximate surface area is 162 Å². The van der Waals surface area contributed by atoms with Crippen LogP contribution in [0.5, 0.6) is 0 Å². The van der Waals surface area contributed by atoms with Crippen LogP contribution in [0.25, 0.3) is 0 Å². The fourth-order valence-electron chi connectivity index (χ4n) is 2.35. The van der Waals surface area contributed by atoms with E-state index in [1.807, 2.05) is 12.2 Å². The molecule has 1 aromatic rings. The Hall–Kier alpha value is -2.05. The van der Waals surface area contributed by atoms with Crippen LogP contribution in [0.15, 0.2) is 30.4 Å². The van der Waals surface area contributed by atoms with Crippen molar-refractivity contribution in [3.8, 4) is 0 Å². The van der Waals surface area contributed by atoms with Crippen molar-refractivity contribution in [3.05, 3.63) is 40.4 Å². The van der Waals surface area contributed by atoms with E-state index in [9.17, 15) is 14.4 Å². The molecule has 0 spiro atoms. The van der Waals surface area contributed by atoms with Crippen LogP contribution in [0, 0.1) is 11.8 Å². The maximum atomic E-state index is 11.7. The summed E-state index contributed by atoms with van der Waals surface area (Å²) in [6.07, 6.45) is 6.20. The number of methoxy groups -OCH3 is 1. The molecule has 0 aliphatic heterocycles. The fraction of sp³-hybridized carbons (Fsp3) is 0.389. The number of carbonyl (C=O) groups excluding carboxylic acids is 3. The van der Waals surface area contributed by atoms with Gasteiger partial charge in [-0.15, -0.1) is 0 Å². The maximum absolute atomic E-state index is 11.7. The molecule has 0 aromatic heterocycles. The normalized spacial score (nSPS) is 16.2. The molecule has 1 aliphatic rings. The van der Waals surface area contributed by atoms with Gasteiger partial charge in [-0.05, 0) is 37.5 Å². The number of rotatable bonds is 5. The van der Waals surface area contributed by atoms with Gasteiger partial charge in [-0.2, -0.15) is 0 Å². The largest absolute Gasteiger partial charge is 0.469 e. The predicted molar refractivity (Wildman–Crippen MR) is 102 cm³/mol. The number of amides is 2. The highest BCUT2D eigenvalue weighted by molar-refractivity contribution is 6.35. The number of ether oxygens (including phenoxy) is 1. The van der Waals surface area contributed by atoms with Crippen molar-refractivity contribution in [3.63, 3.8) is 0 Å². The zero-order chi connectivity index (χ0) is 19.7. The van der Waals surface area contributed by atoms with Crippen LogP contribution in [-0.4, -0.2) is 24.9 Å². The lowest BCUT2D eigenvalue weighted by Crippen LogP contribution is -2.33. The van der Waals surface area contributed by atoms with Crippen LogP contribution in [0.2, 0.25) is 10.0 Å². The Morgan fingerprint density at radius 2 is 1.88 bits per heavy atom. The summed E-state index contributed by atoms with van der Waals surface area (Å²) in [4.78, 5) is 33.5. The monoisotopic (exact) mass is 400 g/mol. The number of benzene rings is 1. The maximum Gasteiger partial charge on any atom is 0.312 e. The molecule has 2 atom stereocenters. The van der Waals surface area contributed by atoms with E-state index in [-0.39, 0.29) is 11.9 Å². The minimum atomic E-state index is -0.854. The number of nitrogens with two attached hydrogens (primary N) is 1. The van der Waals surface area contributed by atoms with Gasteiger partial charge in [0, 0.05) is 15.7 Å². The number of primary amides is 1. The van der Waals surface area contributed by atoms with E-state index in [0.717, 1.165) is 12.8 Å². The standard InChI is InChI=1S/C11H12Cl2N2O2.C7H10O2/c1-2-9(10(14)16)11(17)15-8-4-6(12)3-7(13)5-8;1-9-7(8)6-4-2-3-5-6/h3-5,9H,2H2,1H3,(H2,14,16)(H,15,17);2,4,6H,3,5H2,1H3/t;6-/m.1/s1. The number of carbonyl (C=O) groups is 3. The predicted octanol–water partition coefficient (Wildman–Crippen LogP) is 3.57. The highest BCUT2D eigenvalue weighted by atomic mass is 35.5. The van der Waals surface area contributed by atoms with Gasteiger partial charge >= 0.3 is 5.97 Å². The molecule has 26 heavy (non-hydrogen) atoms. The van der Waals surface area contributed by atoms with Crippen LogP contribution >= 0.6 is 23.2 Å². The summed E-state index contributed by atoms with van der Waals surface area (Å²) in [7, 11) is 1.43. The van der Waals surface area contributed by atoms with E-state index in [0.29, 0.717) is 22.2 Å². The van der Waals surface area contributed by atoms with Gasteiger partial charge in [0.25, 0.3) is 0 Å². The Morgan fingerprint density at radius 1 is 1.27 bits per heavy atom. The zero-order valence-corrected chi connectivity index (χ0v) is 16.1. The first-order valence-corrected chi connectivity index (χ1v) is 8.84. The molecule has 6 nitrogen and oxygen atoms in total. The van der Waals surface area contributed by atoms with E-state index < -0.39 is 17.7 Å². The smallest absolute Gasteiger partial charge is 0.312 e. The molecular weight excluding hydrogens is 379 g/mol. The van der Waals surface area contributed by atoms with Crippen molar-refractivity contribution >= 4 is 46.7 Å². The number of anilines is 1. The molecule has 0 bridgehead atoms. The second-order valence-electron chi connectivity index (χ2n) is 5.65. The molecule has 2 amide bonds. The first-order chi connectivity index (χ1) is 12.3. The van der Waals surface area contributed by atoms with E-state index in [2.05, 4.69) is 10.1 Å². The van der Waals surface area contributed by atoms with Gasteiger partial charge in [-0.1, -0.05) is 42.3 Å². The zero-order valence-electron chi connectivity index (χ0n) is 14.6. The molecule has 1 aromatic carbocycles. The molecule has 0 fully saturated rings. The van der Waals surface area contributed by atoms with Crippen LogP contribution < -0.4 is 11.1 Å². The summed E-state index contributed by atoms with van der Waals surface area (Å²) in [5.41, 5.74) is 5.55. The number of nitrogens with one attached hydrogen (secondary N) is 1. The molecule has 0 heterocycles. The van der Waals surface area contributed by atoms with Gasteiger partial charge in [0.1, 0.15) is 5.92 Å². The SMILES string of the molecule is CCC(C(N)=O)C(=O)Nc1cc(Cl)cc(Cl)c1.COC(=O)[C@@H]1C=CCC1. The summed E-state index contributed by atoms with van der Waals surface area (Å²) < 4.78 is 4.54. The lowest BCUT2D eigenvalue weighted by Gasteiger charge is -2.11. The van der Waals surface area contributed by atoms with Crippen molar-refractivity contribution in [2.45, 2.75) is 26.2 Å². The Morgan fingerprint density at radius 3 is 2.31 bits per heavy atom. The Bertz CT molecular complexity index is 672. The van der Waals surface area contributed by atoms with Crippen LogP contribution in [-0.2, 0) is 19.1 Å². The molecule has 2 rings (SSSR count). The van der Waals surface area contributed by atoms with Gasteiger partial charge in [-0.25, -0.2) is 0 Å². The first kappa shape index (κ1) is 22.0. The number of allylic oxidation sites excluding steroid dienone is 1. The summed E-state index contributed by atoms with van der Waals surface area (Å²) in [6.45, 7) is 1.71. The molecule has 0 radical (unpaired) electrons. The lowest BCUT2D eigenvalue weighted by atomic mass is 10.1. The third-order valence-corrected chi connectivity index (χ3v) is 4.15. The fourth-order valence-corrected chi connectivity index (χ4v) is 2.88. The van der Waals surface area contributed by atoms with E-state index >= 15 is 0 Å². The van der Waals surface area contributed by atoms with E-state index in [4.69, 9.17) is 28.9 Å². The summed E-state index contributed by atoms with van der Waals surface area (Å²) in [5.74, 6) is -2.04. The highest BCUT2D eigenvalue weighted by Gasteiger charge is 2.22. The van der Waals surface area contributed by atoms with E-state index in [1.165, 1.54) is 7.11 Å². The van der Waals surface area contributed by atoms with Crippen LogP contribution in [0.3, 0.4) is 0 Å². The number of halogens is 2. The lowest BCUT2D eigenvalue weighted by molar-refractivity contribution is -0.143. The molecule has 8 heteroatoms. The molecule has 0 saturated heterocycles. The van der Waals surface area contributed by atoms with Gasteiger partial charge < -0.3 is 15.8 Å². The van der Waals surface area contributed by atoms with Gasteiger partial charge in [0.15, 0.2) is 0 Å². The summed E-state index contributed by atoms with van der Waals surface area (Å²) in [6, 6.07) is 4.63. The molecule has 1 aliphatic carbocycles. The highest BCUT2D eigenvalue weighted by Crippen LogP contribution is 2.23. The van der Waals surface area contributed by atoms with Gasteiger partial charge in [0.2, 0.25) is 11.8 Å². The second-order valence-corrected chi connectivity index (χ2v) is 6.52. The van der Waals surface area contributed by atoms with Crippen molar-refractivity contribution in [2.24, 2.45) is 17.6 Å². The van der Waals surface area contributed by atoms with Crippen molar-refractivity contribution < 1.29 is 19.1 Å². The average molecular weight is 401 g/mol. The van der Waals surface area contributed by atoms with Crippen molar-refractivity contribution in [1.29, 1.82) is 0 Å². The molecule has 0 saturated carbocycles. The number of esters is 1. The molecule has 1 unspecified atom stereocenters. The average Bonchev–Trinajstić information content (AvgIpc) is 3.08. The third-order valence-electron chi connectivity index (χ3n) is 3.71. The van der Waals surface area contributed by atoms with Crippen molar-refractivity contribution in [2.75, 3.05) is 12.4 Å². The third kappa shape index (κ3) is 7.06. The number of hydrogen-bond acceptors (Lipinski definition) is 4. The minimum absolute atomic E-state index is 0.0370. The Kier molecular flexibility index (Phi) is 9.16. The van der Waals surface area contributed by atoms with Gasteiger partial charge in [-0.3, -0.25) is 14.4 Å². The summed E-state index contributed by atoms with van der Waals surface area (Å²) >= 11 is 11.6. The van der Waals surface area contributed by atoms with Gasteiger partial charge in [0.05, 0.1) is 13.0 Å². The van der Waals surface area contributed by atoms with Crippen LogP contribution in [0.1, 0.15) is 26.2 Å². The molecule has 142 valence electrons. The first-order valence-electron chi connectivity index (χ1n) is 8.09. The quantitative estimate of drug-likeness (QED) is 0.448. The topological polar surface area (TPSA) is 98.5 Å². The van der Waals surface area contributed by atoms with E-state index in [1.54, 1.807) is 25.1 Å². The van der Waals surface area contributed by atoms with Crippen molar-refractivity contribution in [1.82, 2.24) is 0 Å². The molecule has 3 N–H and O–H groups in total. The molecular formula is C18H22Cl2N2O4. The van der Waals surface area contributed by atoms with Crippen LogP contribution in [0.4, 0.5) is 5.69 Å². The Balaban J connectivity index is 0.000000314. The summed E-state index contributed by atoms with van der Waals surface area (Å²) in [5, 5.41) is 3.35.